The second kappa shape index (κ2) is 11.2. The van der Waals surface area contributed by atoms with Crippen molar-refractivity contribution in [1.29, 1.82) is 0 Å². The third-order valence-electron chi connectivity index (χ3n) is 3.45. The molecule has 0 aliphatic carbocycles. The van der Waals surface area contributed by atoms with Crippen LogP contribution in [0.2, 0.25) is 0 Å². The van der Waals surface area contributed by atoms with Crippen molar-refractivity contribution in [2.24, 2.45) is 0 Å². The van der Waals surface area contributed by atoms with Gasteiger partial charge in [-0.2, -0.15) is 0 Å². The first kappa shape index (κ1) is 24.2. The summed E-state index contributed by atoms with van der Waals surface area (Å²) in [5.74, 6) is -0.739. The van der Waals surface area contributed by atoms with E-state index in [1.54, 1.807) is 58.9 Å². The van der Waals surface area contributed by atoms with Crippen LogP contribution in [0.1, 0.15) is 51.4 Å². The van der Waals surface area contributed by atoms with Gasteiger partial charge in [0.25, 0.3) is 0 Å². The van der Waals surface area contributed by atoms with E-state index < -0.39 is 17.7 Å². The average molecular weight is 505 g/mol. The third kappa shape index (κ3) is 8.04. The smallest absolute Gasteiger partial charge is 0.414 e. The van der Waals surface area contributed by atoms with Gasteiger partial charge in [-0.05, 0) is 65.3 Å². The summed E-state index contributed by atoms with van der Waals surface area (Å²) in [6.45, 7) is 9.70. The Morgan fingerprint density at radius 3 is 2.11 bits per heavy atom. The molecule has 7 nitrogen and oxygen atoms in total. The maximum atomic E-state index is 12.7. The van der Waals surface area contributed by atoms with Crippen LogP contribution in [0, 0.1) is 0 Å². The zero-order chi connectivity index (χ0) is 21.3. The summed E-state index contributed by atoms with van der Waals surface area (Å²) >= 11 is 2.00. The number of benzene rings is 1. The molecule has 1 rings (SSSR count). The predicted molar refractivity (Wildman–Crippen MR) is 115 cm³/mol. The predicted octanol–water partition coefficient (Wildman–Crippen LogP) is 4.36. The second-order valence-corrected chi connectivity index (χ2v) is 8.41. The van der Waals surface area contributed by atoms with Gasteiger partial charge >= 0.3 is 18.0 Å². The van der Waals surface area contributed by atoms with Crippen molar-refractivity contribution >= 4 is 46.3 Å². The molecule has 0 radical (unpaired) electrons. The number of esters is 2. The standard InChI is InChI=1S/C20H28INO6/c1-6-26-17(23)14-8-10-15(11-9-14)22(19(25)28-20(3,4)5)13-12-16(21)18(24)27-7-2/h8-11,16H,6-7,12-13H2,1-5H3. The Kier molecular flexibility index (Phi) is 9.71. The van der Waals surface area contributed by atoms with Crippen LogP contribution in [-0.4, -0.2) is 47.3 Å². The molecule has 0 aromatic heterocycles. The maximum Gasteiger partial charge on any atom is 0.414 e. The Morgan fingerprint density at radius 2 is 1.61 bits per heavy atom. The maximum absolute atomic E-state index is 12.7. The van der Waals surface area contributed by atoms with Crippen molar-refractivity contribution in [1.82, 2.24) is 0 Å². The first-order valence-electron chi connectivity index (χ1n) is 9.17. The van der Waals surface area contributed by atoms with Gasteiger partial charge in [0.15, 0.2) is 0 Å². The van der Waals surface area contributed by atoms with Gasteiger partial charge in [0.1, 0.15) is 9.53 Å². The molecule has 0 saturated heterocycles. The van der Waals surface area contributed by atoms with E-state index in [-0.39, 0.29) is 23.0 Å². The van der Waals surface area contributed by atoms with Crippen LogP contribution in [0.5, 0.6) is 0 Å². The normalized spacial score (nSPS) is 12.1. The molecular formula is C20H28INO6. The van der Waals surface area contributed by atoms with Gasteiger partial charge in [0.05, 0.1) is 18.8 Å². The van der Waals surface area contributed by atoms with Crippen molar-refractivity contribution < 1.29 is 28.6 Å². The molecule has 0 fully saturated rings. The molecular weight excluding hydrogens is 477 g/mol. The lowest BCUT2D eigenvalue weighted by atomic mass is 10.2. The highest BCUT2D eigenvalue weighted by Gasteiger charge is 2.26. The molecule has 0 saturated carbocycles. The minimum Gasteiger partial charge on any atom is -0.465 e. The molecule has 0 heterocycles. The molecule has 0 spiro atoms. The molecule has 1 aromatic carbocycles. The minimum atomic E-state index is -0.662. The molecule has 0 bridgehead atoms. The Bertz CT molecular complexity index is 668. The van der Waals surface area contributed by atoms with E-state index in [1.807, 2.05) is 22.6 Å². The Balaban J connectivity index is 2.98. The number of hydrogen-bond donors (Lipinski definition) is 0. The van der Waals surface area contributed by atoms with Gasteiger partial charge in [-0.25, -0.2) is 9.59 Å². The average Bonchev–Trinajstić information content (AvgIpc) is 2.61. The lowest BCUT2D eigenvalue weighted by Crippen LogP contribution is -2.38. The van der Waals surface area contributed by atoms with E-state index in [0.717, 1.165) is 0 Å². The highest BCUT2D eigenvalue weighted by molar-refractivity contribution is 14.1. The number of ether oxygens (including phenoxy) is 3. The molecule has 156 valence electrons. The number of rotatable bonds is 8. The SMILES string of the molecule is CCOC(=O)c1ccc(N(CCC(I)C(=O)OCC)C(=O)OC(C)(C)C)cc1. The van der Waals surface area contributed by atoms with Gasteiger partial charge in [0.2, 0.25) is 0 Å². The largest absolute Gasteiger partial charge is 0.465 e. The molecule has 1 amide bonds. The molecule has 8 heteroatoms. The van der Waals surface area contributed by atoms with E-state index in [9.17, 15) is 14.4 Å². The quantitative estimate of drug-likeness (QED) is 0.226. The topological polar surface area (TPSA) is 82.1 Å². The third-order valence-corrected chi connectivity index (χ3v) is 4.58. The number of alkyl halides is 1. The van der Waals surface area contributed by atoms with Gasteiger partial charge in [-0.15, -0.1) is 0 Å². The summed E-state index contributed by atoms with van der Waals surface area (Å²) in [4.78, 5) is 37.8. The van der Waals surface area contributed by atoms with Crippen molar-refractivity contribution in [2.45, 2.75) is 50.6 Å². The lowest BCUT2D eigenvalue weighted by molar-refractivity contribution is -0.142. The number of hydrogen-bond acceptors (Lipinski definition) is 6. The zero-order valence-corrected chi connectivity index (χ0v) is 19.1. The molecule has 0 aliphatic rings. The molecule has 1 atom stereocenters. The summed E-state index contributed by atoms with van der Waals surface area (Å²) in [6.07, 6.45) is -0.123. The number of carbonyl (C=O) groups is 3. The first-order valence-corrected chi connectivity index (χ1v) is 10.4. The zero-order valence-electron chi connectivity index (χ0n) is 17.0. The Morgan fingerprint density at radius 1 is 1.04 bits per heavy atom. The summed E-state index contributed by atoms with van der Waals surface area (Å²) in [5, 5.41) is 0. The Hall–Kier alpha value is -1.84. The van der Waals surface area contributed by atoms with Gasteiger partial charge in [-0.1, -0.05) is 22.6 Å². The second-order valence-electron chi connectivity index (χ2n) is 6.91. The number of anilines is 1. The van der Waals surface area contributed by atoms with Crippen LogP contribution >= 0.6 is 22.6 Å². The van der Waals surface area contributed by atoms with Crippen molar-refractivity contribution in [2.75, 3.05) is 24.7 Å². The van der Waals surface area contributed by atoms with E-state index >= 15 is 0 Å². The number of nitrogens with zero attached hydrogens (tertiary/aromatic N) is 1. The van der Waals surface area contributed by atoms with Gasteiger partial charge in [0, 0.05) is 12.2 Å². The van der Waals surface area contributed by atoms with Crippen LogP contribution in [0.4, 0.5) is 10.5 Å². The number of amides is 1. The van der Waals surface area contributed by atoms with Crippen LogP contribution in [0.25, 0.3) is 0 Å². The van der Waals surface area contributed by atoms with Crippen LogP contribution in [0.3, 0.4) is 0 Å². The molecule has 0 aliphatic heterocycles. The van der Waals surface area contributed by atoms with Crippen molar-refractivity contribution in [3.63, 3.8) is 0 Å². The van der Waals surface area contributed by atoms with E-state index in [2.05, 4.69) is 0 Å². The van der Waals surface area contributed by atoms with Gasteiger partial charge < -0.3 is 14.2 Å². The van der Waals surface area contributed by atoms with Crippen molar-refractivity contribution in [3.05, 3.63) is 29.8 Å². The van der Waals surface area contributed by atoms with Crippen LogP contribution in [0.15, 0.2) is 24.3 Å². The highest BCUT2D eigenvalue weighted by atomic mass is 127. The fourth-order valence-electron chi connectivity index (χ4n) is 2.23. The fourth-order valence-corrected chi connectivity index (χ4v) is 2.69. The fraction of sp³-hybridized carbons (Fsp3) is 0.550. The summed E-state index contributed by atoms with van der Waals surface area (Å²) in [5.41, 5.74) is 0.299. The number of carbonyl (C=O) groups excluding carboxylic acids is 3. The van der Waals surface area contributed by atoms with E-state index in [4.69, 9.17) is 14.2 Å². The molecule has 1 unspecified atom stereocenters. The summed E-state index contributed by atoms with van der Waals surface area (Å²) in [6, 6.07) is 6.50. The number of halogens is 1. The molecule has 28 heavy (non-hydrogen) atoms. The highest BCUT2D eigenvalue weighted by Crippen LogP contribution is 2.21. The monoisotopic (exact) mass is 505 g/mol. The summed E-state index contributed by atoms with van der Waals surface area (Å²) in [7, 11) is 0. The van der Waals surface area contributed by atoms with E-state index in [1.165, 1.54) is 4.90 Å². The minimum absolute atomic E-state index is 0.264. The van der Waals surface area contributed by atoms with Crippen LogP contribution < -0.4 is 4.90 Å². The van der Waals surface area contributed by atoms with Gasteiger partial charge in [-0.3, -0.25) is 9.69 Å². The van der Waals surface area contributed by atoms with Crippen LogP contribution in [-0.2, 0) is 19.0 Å². The van der Waals surface area contributed by atoms with Crippen molar-refractivity contribution in [3.8, 4) is 0 Å². The molecule has 1 aromatic rings. The lowest BCUT2D eigenvalue weighted by Gasteiger charge is -2.28. The molecule has 0 N–H and O–H groups in total. The summed E-state index contributed by atoms with van der Waals surface area (Å²) < 4.78 is 15.1. The first-order chi connectivity index (χ1) is 13.1. The van der Waals surface area contributed by atoms with E-state index in [0.29, 0.717) is 24.3 Å². The Labute approximate surface area is 179 Å².